The monoisotopic (exact) mass is 139 g/mol. The Kier molecular flexibility index (Phi) is 4.16. The van der Waals surface area contributed by atoms with Crippen LogP contribution in [0, 0.1) is 0 Å². The molecule has 0 aromatic carbocycles. The number of carbonyl (C=O) groups is 1. The zero-order valence-electron chi connectivity index (χ0n) is 3.80. The fourth-order valence-corrected chi connectivity index (χ4v) is 0.147. The third-order valence-electron chi connectivity index (χ3n) is 0.278. The zero-order chi connectivity index (χ0) is 6.41. The third-order valence-corrected chi connectivity index (χ3v) is 0.375. The van der Waals surface area contributed by atoms with Crippen molar-refractivity contribution in [1.29, 1.82) is 0 Å². The summed E-state index contributed by atoms with van der Waals surface area (Å²) in [6.07, 6.45) is 0.668. The summed E-state index contributed by atoms with van der Waals surface area (Å²) in [6.45, 7) is -1.05. The van der Waals surface area contributed by atoms with Crippen molar-refractivity contribution in [1.82, 2.24) is 0 Å². The number of hydrogen-bond donors (Lipinski definition) is 0. The Morgan fingerprint density at radius 3 is 3.00 bits per heavy atom. The average Bonchev–Trinajstić information content (AvgIpc) is 1.66. The lowest BCUT2D eigenvalue weighted by atomic mass is 10.9. The van der Waals surface area contributed by atoms with Gasteiger partial charge < -0.3 is 4.84 Å². The number of nitrogens with zero attached hydrogens (tertiary/aromatic N) is 1. The molecule has 0 amide bonds. The van der Waals surface area contributed by atoms with E-state index in [9.17, 15) is 9.18 Å². The van der Waals surface area contributed by atoms with Crippen LogP contribution in [0.15, 0.2) is 5.16 Å². The van der Waals surface area contributed by atoms with Crippen molar-refractivity contribution < 1.29 is 14.0 Å². The van der Waals surface area contributed by atoms with Crippen LogP contribution in [0.1, 0.15) is 0 Å². The zero-order valence-corrected chi connectivity index (χ0v) is 4.56. The molecule has 0 radical (unpaired) electrons. The van der Waals surface area contributed by atoms with Gasteiger partial charge in [0.05, 0.1) is 0 Å². The molecule has 0 atom stereocenters. The van der Waals surface area contributed by atoms with Crippen LogP contribution in [-0.2, 0) is 9.63 Å². The molecule has 0 heterocycles. The van der Waals surface area contributed by atoms with Crippen LogP contribution in [0.2, 0.25) is 0 Å². The van der Waals surface area contributed by atoms with Gasteiger partial charge in [-0.25, -0.2) is 4.39 Å². The fraction of sp³-hybridized carbons (Fsp3) is 0.333. The second-order valence-electron chi connectivity index (χ2n) is 0.777. The molecule has 46 valence electrons. The summed E-state index contributed by atoms with van der Waals surface area (Å²) in [5.74, 6) is 0. The summed E-state index contributed by atoms with van der Waals surface area (Å²) in [7, 11) is 0. The molecule has 0 spiro atoms. The van der Waals surface area contributed by atoms with Gasteiger partial charge in [0, 0.05) is 0 Å². The molecule has 0 aromatic heterocycles. The van der Waals surface area contributed by atoms with Gasteiger partial charge in [-0.1, -0.05) is 5.16 Å². The first-order valence-electron chi connectivity index (χ1n) is 1.68. The average molecular weight is 140 g/mol. The van der Waals surface area contributed by atoms with Gasteiger partial charge in [-0.05, 0) is 11.6 Å². The van der Waals surface area contributed by atoms with Gasteiger partial charge in [-0.3, -0.25) is 4.79 Å². The molecule has 3 nitrogen and oxygen atoms in total. The van der Waals surface area contributed by atoms with Gasteiger partial charge in [-0.2, -0.15) is 0 Å². The standard InChI is InChI=1S/C3H3ClFNO2/c4-3(7)1-6-8-2-5/h1H,2H2/b6-1-. The van der Waals surface area contributed by atoms with E-state index in [4.69, 9.17) is 11.6 Å². The summed E-state index contributed by atoms with van der Waals surface area (Å²) in [5, 5.41) is 2.01. The van der Waals surface area contributed by atoms with Crippen molar-refractivity contribution in [3.05, 3.63) is 0 Å². The summed E-state index contributed by atoms with van der Waals surface area (Å²) in [5.41, 5.74) is 0. The van der Waals surface area contributed by atoms with E-state index in [2.05, 4.69) is 9.99 Å². The van der Waals surface area contributed by atoms with Crippen LogP contribution < -0.4 is 0 Å². The number of rotatable bonds is 3. The molecule has 0 aromatic rings. The first kappa shape index (κ1) is 7.36. The van der Waals surface area contributed by atoms with Crippen molar-refractivity contribution in [3.8, 4) is 0 Å². The minimum Gasteiger partial charge on any atom is -0.362 e. The highest BCUT2D eigenvalue weighted by Gasteiger charge is 1.83. The first-order valence-corrected chi connectivity index (χ1v) is 2.06. The maximum Gasteiger partial charge on any atom is 0.266 e. The molecule has 0 bridgehead atoms. The summed E-state index contributed by atoms with van der Waals surface area (Å²) >= 11 is 4.72. The van der Waals surface area contributed by atoms with Crippen LogP contribution in [0.25, 0.3) is 0 Å². The molecule has 0 aliphatic carbocycles. The second-order valence-corrected chi connectivity index (χ2v) is 1.15. The molecular weight excluding hydrogens is 136 g/mol. The van der Waals surface area contributed by atoms with Crippen molar-refractivity contribution in [2.24, 2.45) is 5.16 Å². The number of halogens is 2. The predicted octanol–water partition coefficient (Wildman–Crippen LogP) is 0.681. The molecule has 0 unspecified atom stereocenters. The van der Waals surface area contributed by atoms with E-state index >= 15 is 0 Å². The minimum absolute atomic E-state index is 0.668. The summed E-state index contributed by atoms with van der Waals surface area (Å²) < 4.78 is 11.0. The van der Waals surface area contributed by atoms with Crippen molar-refractivity contribution >= 4 is 23.1 Å². The van der Waals surface area contributed by atoms with Gasteiger partial charge in [0.1, 0.15) is 6.21 Å². The summed E-state index contributed by atoms with van der Waals surface area (Å²) in [6, 6.07) is 0. The van der Waals surface area contributed by atoms with Crippen LogP contribution in [0.3, 0.4) is 0 Å². The van der Waals surface area contributed by atoms with Gasteiger partial charge in [0.15, 0.2) is 0 Å². The van der Waals surface area contributed by atoms with Crippen LogP contribution >= 0.6 is 11.6 Å². The van der Waals surface area contributed by atoms with E-state index in [-0.39, 0.29) is 0 Å². The predicted molar refractivity (Wildman–Crippen MR) is 26.4 cm³/mol. The number of oxime groups is 1. The quantitative estimate of drug-likeness (QED) is 0.328. The molecule has 0 fully saturated rings. The Morgan fingerprint density at radius 2 is 2.62 bits per heavy atom. The van der Waals surface area contributed by atoms with Crippen molar-refractivity contribution in [2.45, 2.75) is 0 Å². The third kappa shape index (κ3) is 5.36. The highest BCUT2D eigenvalue weighted by molar-refractivity contribution is 6.77. The van der Waals surface area contributed by atoms with Crippen LogP contribution in [-0.4, -0.2) is 18.3 Å². The largest absolute Gasteiger partial charge is 0.362 e. The number of alkyl halides is 1. The Hall–Kier alpha value is -0.640. The molecule has 0 saturated heterocycles. The van der Waals surface area contributed by atoms with Crippen molar-refractivity contribution in [2.75, 3.05) is 6.86 Å². The lowest BCUT2D eigenvalue weighted by Crippen LogP contribution is -1.87. The molecule has 0 aliphatic rings. The van der Waals surface area contributed by atoms with E-state index < -0.39 is 12.1 Å². The maximum absolute atomic E-state index is 11.0. The van der Waals surface area contributed by atoms with Gasteiger partial charge >= 0.3 is 0 Å². The molecule has 0 aliphatic heterocycles. The fourth-order valence-electron chi connectivity index (χ4n) is 0.107. The highest BCUT2D eigenvalue weighted by atomic mass is 35.5. The van der Waals surface area contributed by atoms with Crippen LogP contribution in [0.4, 0.5) is 4.39 Å². The Morgan fingerprint density at radius 1 is 2.00 bits per heavy atom. The molecule has 8 heavy (non-hydrogen) atoms. The van der Waals surface area contributed by atoms with Gasteiger partial charge in [-0.15, -0.1) is 0 Å². The number of hydrogen-bond acceptors (Lipinski definition) is 3. The van der Waals surface area contributed by atoms with Gasteiger partial charge in [0.25, 0.3) is 12.1 Å². The summed E-state index contributed by atoms with van der Waals surface area (Å²) in [4.78, 5) is 13.5. The normalized spacial score (nSPS) is 9.75. The molecule has 0 rings (SSSR count). The Labute approximate surface area is 50.1 Å². The second kappa shape index (κ2) is 4.52. The minimum atomic E-state index is -1.05. The smallest absolute Gasteiger partial charge is 0.266 e. The Balaban J connectivity index is 3.20. The van der Waals surface area contributed by atoms with Gasteiger partial charge in [0.2, 0.25) is 0 Å². The van der Waals surface area contributed by atoms with Crippen LogP contribution in [0.5, 0.6) is 0 Å². The van der Waals surface area contributed by atoms with E-state index in [1.165, 1.54) is 0 Å². The van der Waals surface area contributed by atoms with Crippen molar-refractivity contribution in [3.63, 3.8) is 0 Å². The Bertz CT molecular complexity index is 105. The van der Waals surface area contributed by atoms with E-state index in [0.717, 1.165) is 0 Å². The first-order chi connectivity index (χ1) is 3.77. The molecule has 5 heteroatoms. The van der Waals surface area contributed by atoms with E-state index in [1.807, 2.05) is 0 Å². The topological polar surface area (TPSA) is 38.7 Å². The molecule has 0 N–H and O–H groups in total. The highest BCUT2D eigenvalue weighted by Crippen LogP contribution is 1.77. The maximum atomic E-state index is 11.0. The lowest BCUT2D eigenvalue weighted by molar-refractivity contribution is -0.106. The molecular formula is C3H3ClFNO2. The van der Waals surface area contributed by atoms with E-state index in [1.54, 1.807) is 0 Å². The SMILES string of the molecule is O=C(Cl)/C=N\OCF. The molecule has 0 saturated carbocycles. The lowest BCUT2D eigenvalue weighted by Gasteiger charge is -1.82. The van der Waals surface area contributed by atoms with E-state index in [0.29, 0.717) is 6.21 Å². The number of carbonyl (C=O) groups excluding carboxylic acids is 1.